The van der Waals surface area contributed by atoms with Gasteiger partial charge in [0.05, 0.1) is 22.8 Å². The van der Waals surface area contributed by atoms with Crippen molar-refractivity contribution in [2.75, 3.05) is 18.5 Å². The van der Waals surface area contributed by atoms with Crippen molar-refractivity contribution < 1.29 is 0 Å². The molecular formula is C18H23N5S. The average molecular weight is 341 g/mol. The highest BCUT2D eigenvalue weighted by molar-refractivity contribution is 7.09. The van der Waals surface area contributed by atoms with Crippen LogP contribution in [0.5, 0.6) is 0 Å². The summed E-state index contributed by atoms with van der Waals surface area (Å²) in [5.41, 5.74) is 7.72. The molecule has 0 aliphatic carbocycles. The van der Waals surface area contributed by atoms with Crippen LogP contribution in [0.1, 0.15) is 36.3 Å². The third-order valence-corrected chi connectivity index (χ3v) is 5.02. The minimum atomic E-state index is 0.463. The Morgan fingerprint density at radius 3 is 2.67 bits per heavy atom. The van der Waals surface area contributed by atoms with Gasteiger partial charge in [0.1, 0.15) is 11.6 Å². The summed E-state index contributed by atoms with van der Waals surface area (Å²) < 4.78 is 0. The summed E-state index contributed by atoms with van der Waals surface area (Å²) in [6.07, 6.45) is 0.680. The lowest BCUT2D eigenvalue weighted by molar-refractivity contribution is 0.811. The highest BCUT2D eigenvalue weighted by atomic mass is 32.1. The molecule has 1 aromatic carbocycles. The fraction of sp³-hybridized carbons (Fsp3) is 0.389. The van der Waals surface area contributed by atoms with E-state index in [1.807, 2.05) is 18.2 Å². The van der Waals surface area contributed by atoms with E-state index in [0.29, 0.717) is 18.9 Å². The zero-order valence-corrected chi connectivity index (χ0v) is 15.2. The molecule has 0 spiro atoms. The number of hydrogen-bond donors (Lipinski definition) is 1. The van der Waals surface area contributed by atoms with Crippen molar-refractivity contribution >= 4 is 28.1 Å². The van der Waals surface area contributed by atoms with Crippen LogP contribution in [0.3, 0.4) is 0 Å². The average Bonchev–Trinajstić information content (AvgIpc) is 3.03. The van der Waals surface area contributed by atoms with Crippen molar-refractivity contribution in [3.63, 3.8) is 0 Å². The lowest BCUT2D eigenvalue weighted by Crippen LogP contribution is -2.20. The van der Waals surface area contributed by atoms with Gasteiger partial charge in [0.15, 0.2) is 0 Å². The molecular weight excluding hydrogens is 318 g/mol. The van der Waals surface area contributed by atoms with Gasteiger partial charge in [-0.1, -0.05) is 26.0 Å². The highest BCUT2D eigenvalue weighted by Gasteiger charge is 2.14. The highest BCUT2D eigenvalue weighted by Crippen LogP contribution is 2.25. The molecule has 2 N–H and O–H groups in total. The third-order valence-electron chi connectivity index (χ3n) is 3.82. The maximum atomic E-state index is 5.68. The molecule has 0 bridgehead atoms. The molecule has 0 saturated heterocycles. The second-order valence-corrected chi connectivity index (χ2v) is 7.10. The van der Waals surface area contributed by atoms with E-state index in [9.17, 15) is 0 Å². The zero-order valence-electron chi connectivity index (χ0n) is 14.4. The van der Waals surface area contributed by atoms with Crippen molar-refractivity contribution in [2.45, 2.75) is 32.7 Å². The van der Waals surface area contributed by atoms with Crippen LogP contribution in [0.4, 0.5) is 5.82 Å². The van der Waals surface area contributed by atoms with Crippen LogP contribution in [0.25, 0.3) is 10.9 Å². The van der Waals surface area contributed by atoms with Crippen LogP contribution < -0.4 is 10.6 Å². The molecule has 24 heavy (non-hydrogen) atoms. The topological polar surface area (TPSA) is 67.9 Å². The lowest BCUT2D eigenvalue weighted by atomic mass is 10.2. The van der Waals surface area contributed by atoms with Crippen molar-refractivity contribution in [3.05, 3.63) is 46.2 Å². The van der Waals surface area contributed by atoms with Gasteiger partial charge in [0.2, 0.25) is 0 Å². The van der Waals surface area contributed by atoms with Gasteiger partial charge < -0.3 is 10.6 Å². The molecule has 5 nitrogen and oxygen atoms in total. The minimum absolute atomic E-state index is 0.463. The molecule has 0 radical (unpaired) electrons. The molecule has 0 fully saturated rings. The van der Waals surface area contributed by atoms with Crippen LogP contribution in [0.15, 0.2) is 29.6 Å². The van der Waals surface area contributed by atoms with Crippen molar-refractivity contribution in [2.24, 2.45) is 5.73 Å². The number of aromatic nitrogens is 3. The van der Waals surface area contributed by atoms with E-state index in [4.69, 9.17) is 15.7 Å². The van der Waals surface area contributed by atoms with Gasteiger partial charge in [0.25, 0.3) is 0 Å². The lowest BCUT2D eigenvalue weighted by Gasteiger charge is -2.19. The van der Waals surface area contributed by atoms with E-state index < -0.39 is 0 Å². The van der Waals surface area contributed by atoms with Gasteiger partial charge in [-0.3, -0.25) is 0 Å². The molecule has 0 aliphatic rings. The van der Waals surface area contributed by atoms with Gasteiger partial charge in [0, 0.05) is 30.2 Å². The smallest absolute Gasteiger partial charge is 0.140 e. The van der Waals surface area contributed by atoms with Crippen LogP contribution in [0, 0.1) is 0 Å². The Bertz CT molecular complexity index is 827. The van der Waals surface area contributed by atoms with Gasteiger partial charge in [-0.2, -0.15) is 0 Å². The monoisotopic (exact) mass is 341 g/mol. The molecule has 0 aliphatic heterocycles. The number of benzene rings is 1. The van der Waals surface area contributed by atoms with Crippen molar-refractivity contribution in [1.82, 2.24) is 15.0 Å². The van der Waals surface area contributed by atoms with Gasteiger partial charge in [-0.15, -0.1) is 11.3 Å². The molecule has 126 valence electrons. The van der Waals surface area contributed by atoms with Gasteiger partial charge in [-0.25, -0.2) is 15.0 Å². The number of nitrogens with two attached hydrogens (primary N) is 1. The Hall–Kier alpha value is -2.05. The maximum absolute atomic E-state index is 5.68. The molecule has 6 heteroatoms. The van der Waals surface area contributed by atoms with E-state index in [2.05, 4.69) is 42.2 Å². The summed E-state index contributed by atoms with van der Waals surface area (Å²) in [5, 5.41) is 4.37. The van der Waals surface area contributed by atoms with E-state index in [-0.39, 0.29) is 0 Å². The van der Waals surface area contributed by atoms with Crippen LogP contribution in [-0.2, 0) is 13.0 Å². The summed E-state index contributed by atoms with van der Waals surface area (Å²) in [6, 6.07) is 8.11. The summed E-state index contributed by atoms with van der Waals surface area (Å²) in [6.45, 7) is 5.62. The molecule has 0 unspecified atom stereocenters. The molecule has 0 amide bonds. The number of hydrogen-bond acceptors (Lipinski definition) is 6. The number of thiazole rings is 1. The molecule has 0 atom stereocenters. The number of anilines is 1. The SMILES string of the molecule is CC(C)c1nc(CN(C)c2nc(CCN)nc3ccccc23)cs1. The fourth-order valence-corrected chi connectivity index (χ4v) is 3.44. The van der Waals surface area contributed by atoms with Gasteiger partial charge in [-0.05, 0) is 18.7 Å². The molecule has 2 heterocycles. The molecule has 0 saturated carbocycles. The first kappa shape index (κ1) is 16.8. The number of nitrogens with zero attached hydrogens (tertiary/aromatic N) is 4. The normalized spacial score (nSPS) is 11.4. The second kappa shape index (κ2) is 7.23. The Morgan fingerprint density at radius 1 is 1.17 bits per heavy atom. The van der Waals surface area contributed by atoms with Crippen molar-refractivity contribution in [1.29, 1.82) is 0 Å². The van der Waals surface area contributed by atoms with E-state index >= 15 is 0 Å². The first-order chi connectivity index (χ1) is 11.6. The summed E-state index contributed by atoms with van der Waals surface area (Å²) in [5.74, 6) is 2.19. The number of rotatable bonds is 6. The Labute approximate surface area is 146 Å². The van der Waals surface area contributed by atoms with E-state index in [0.717, 1.165) is 34.8 Å². The summed E-state index contributed by atoms with van der Waals surface area (Å²) in [4.78, 5) is 16.2. The van der Waals surface area contributed by atoms with E-state index in [1.165, 1.54) is 5.01 Å². The predicted molar refractivity (Wildman–Crippen MR) is 101 cm³/mol. The van der Waals surface area contributed by atoms with Crippen LogP contribution in [0.2, 0.25) is 0 Å². The van der Waals surface area contributed by atoms with Crippen molar-refractivity contribution in [3.8, 4) is 0 Å². The zero-order chi connectivity index (χ0) is 17.1. The number of fused-ring (bicyclic) bond motifs is 1. The molecule has 2 aromatic heterocycles. The first-order valence-electron chi connectivity index (χ1n) is 8.19. The van der Waals surface area contributed by atoms with Crippen LogP contribution >= 0.6 is 11.3 Å². The first-order valence-corrected chi connectivity index (χ1v) is 9.07. The second-order valence-electron chi connectivity index (χ2n) is 6.21. The third kappa shape index (κ3) is 3.55. The Balaban J connectivity index is 1.93. The Morgan fingerprint density at radius 2 is 1.96 bits per heavy atom. The minimum Gasteiger partial charge on any atom is -0.353 e. The molecule has 3 aromatic rings. The largest absolute Gasteiger partial charge is 0.353 e. The maximum Gasteiger partial charge on any atom is 0.140 e. The van der Waals surface area contributed by atoms with Crippen LogP contribution in [-0.4, -0.2) is 28.5 Å². The predicted octanol–water partition coefficient (Wildman–Crippen LogP) is 3.35. The number of para-hydroxylation sites is 1. The fourth-order valence-electron chi connectivity index (χ4n) is 2.62. The quantitative estimate of drug-likeness (QED) is 0.745. The Kier molecular flexibility index (Phi) is 5.06. The van der Waals surface area contributed by atoms with Gasteiger partial charge >= 0.3 is 0 Å². The summed E-state index contributed by atoms with van der Waals surface area (Å²) >= 11 is 1.72. The molecule has 3 rings (SSSR count). The standard InChI is InChI=1S/C18H23N5S/c1-12(2)18-20-13(11-24-18)10-23(3)17-14-6-4-5-7-15(14)21-16(22-17)8-9-19/h4-7,11-12H,8-10,19H2,1-3H3. The summed E-state index contributed by atoms with van der Waals surface area (Å²) in [7, 11) is 2.05. The van der Waals surface area contributed by atoms with E-state index in [1.54, 1.807) is 11.3 Å².